The molecule has 0 spiro atoms. The number of benzene rings is 1. The summed E-state index contributed by atoms with van der Waals surface area (Å²) in [5.74, 6) is -1.45. The van der Waals surface area contributed by atoms with E-state index in [2.05, 4.69) is 4.74 Å². The Morgan fingerprint density at radius 1 is 1.36 bits per heavy atom. The molecule has 0 aromatic heterocycles. The second-order valence-corrected chi connectivity index (χ2v) is 2.75. The Balaban J connectivity index is 2.78. The Morgan fingerprint density at radius 2 is 2.00 bits per heavy atom. The summed E-state index contributed by atoms with van der Waals surface area (Å²) in [5.41, 5.74) is 0. The van der Waals surface area contributed by atoms with E-state index in [1.54, 1.807) is 0 Å². The number of rotatable bonds is 2. The van der Waals surface area contributed by atoms with Gasteiger partial charge in [0.1, 0.15) is 11.9 Å². The zero-order chi connectivity index (χ0) is 10.7. The highest BCUT2D eigenvalue weighted by Crippen LogP contribution is 2.28. The van der Waals surface area contributed by atoms with Gasteiger partial charge in [0.2, 0.25) is 0 Å². The predicted molar refractivity (Wildman–Crippen MR) is 47.1 cm³/mol. The van der Waals surface area contributed by atoms with Crippen molar-refractivity contribution < 1.29 is 24.9 Å². The smallest absolute Gasteiger partial charge is 0.340 e. The molecular weight excluding hydrogens is 188 g/mol. The zero-order valence-electron chi connectivity index (χ0n) is 7.47. The number of phenols is 2. The lowest BCUT2D eigenvalue weighted by Gasteiger charge is -2.06. The minimum absolute atomic E-state index is 0.0613. The van der Waals surface area contributed by atoms with Crippen molar-refractivity contribution in [3.63, 3.8) is 0 Å². The van der Waals surface area contributed by atoms with Gasteiger partial charge in [-0.05, 0) is 19.1 Å². The van der Waals surface area contributed by atoms with Crippen molar-refractivity contribution in [2.75, 3.05) is 0 Å². The molecule has 5 heteroatoms. The molecule has 1 aromatic rings. The minimum atomic E-state index is -1.23. The molecule has 5 nitrogen and oxygen atoms in total. The third-order valence-electron chi connectivity index (χ3n) is 1.51. The van der Waals surface area contributed by atoms with Crippen LogP contribution in [0.1, 0.15) is 6.92 Å². The average Bonchev–Trinajstić information content (AvgIpc) is 2.11. The van der Waals surface area contributed by atoms with Crippen LogP contribution in [0.25, 0.3) is 0 Å². The molecule has 0 unspecified atom stereocenters. The van der Waals surface area contributed by atoms with Crippen molar-refractivity contribution in [2.45, 2.75) is 13.0 Å². The van der Waals surface area contributed by atoms with E-state index in [1.807, 2.05) is 0 Å². The van der Waals surface area contributed by atoms with Gasteiger partial charge in [-0.15, -0.1) is 0 Å². The summed E-state index contributed by atoms with van der Waals surface area (Å²) in [6.07, 6.45) is -1.23. The van der Waals surface area contributed by atoms with Crippen molar-refractivity contribution in [3.05, 3.63) is 18.2 Å². The van der Waals surface area contributed by atoms with Gasteiger partial charge in [-0.2, -0.15) is 0 Å². The first-order chi connectivity index (χ1) is 6.50. The van der Waals surface area contributed by atoms with Gasteiger partial charge in [0, 0.05) is 6.07 Å². The van der Waals surface area contributed by atoms with E-state index in [9.17, 15) is 4.79 Å². The highest BCUT2D eigenvalue weighted by atomic mass is 16.5. The molecule has 76 valence electrons. The van der Waals surface area contributed by atoms with E-state index in [-0.39, 0.29) is 17.2 Å². The number of aromatic hydroxyl groups is 2. The zero-order valence-corrected chi connectivity index (χ0v) is 7.47. The topological polar surface area (TPSA) is 87.0 Å². The number of hydrogen-bond acceptors (Lipinski definition) is 5. The van der Waals surface area contributed by atoms with Gasteiger partial charge < -0.3 is 20.1 Å². The van der Waals surface area contributed by atoms with Crippen molar-refractivity contribution in [1.29, 1.82) is 0 Å². The predicted octanol–water partition coefficient (Wildman–Crippen LogP) is 0.384. The summed E-state index contributed by atoms with van der Waals surface area (Å²) in [7, 11) is 0. The maximum absolute atomic E-state index is 10.9. The first-order valence-electron chi connectivity index (χ1n) is 3.92. The van der Waals surface area contributed by atoms with Crippen LogP contribution >= 0.6 is 0 Å². The van der Waals surface area contributed by atoms with E-state index in [0.717, 1.165) is 6.07 Å². The van der Waals surface area contributed by atoms with E-state index < -0.39 is 12.1 Å². The number of aliphatic hydroxyl groups excluding tert-OH is 1. The Kier molecular flexibility index (Phi) is 2.93. The first-order valence-corrected chi connectivity index (χ1v) is 3.92. The fourth-order valence-electron chi connectivity index (χ4n) is 0.768. The number of hydrogen-bond donors (Lipinski definition) is 3. The Morgan fingerprint density at radius 3 is 2.50 bits per heavy atom. The molecule has 0 aliphatic rings. The van der Waals surface area contributed by atoms with Crippen LogP contribution in [0.3, 0.4) is 0 Å². The minimum Gasteiger partial charge on any atom is -0.504 e. The van der Waals surface area contributed by atoms with Crippen molar-refractivity contribution in [3.8, 4) is 17.2 Å². The highest BCUT2D eigenvalue weighted by molar-refractivity contribution is 5.76. The molecule has 0 amide bonds. The summed E-state index contributed by atoms with van der Waals surface area (Å²) in [6.45, 7) is 1.27. The van der Waals surface area contributed by atoms with Crippen LogP contribution in [0.4, 0.5) is 0 Å². The van der Waals surface area contributed by atoms with Crippen molar-refractivity contribution in [1.82, 2.24) is 0 Å². The quantitative estimate of drug-likeness (QED) is 0.363. The summed E-state index contributed by atoms with van der Waals surface area (Å²) in [6, 6.07) is 3.56. The van der Waals surface area contributed by atoms with E-state index in [0.29, 0.717) is 0 Å². The van der Waals surface area contributed by atoms with Crippen LogP contribution in [0.2, 0.25) is 0 Å². The maximum Gasteiger partial charge on any atom is 0.340 e. The van der Waals surface area contributed by atoms with Crippen molar-refractivity contribution >= 4 is 5.97 Å². The third kappa shape index (κ3) is 2.37. The van der Waals surface area contributed by atoms with E-state index in [4.69, 9.17) is 15.3 Å². The standard InChI is InChI=1S/C9H10O5/c1-5(10)9(13)14-6-2-3-7(11)8(12)4-6/h2-5,10-12H,1H3/t5-/m0/s1. The summed E-state index contributed by atoms with van der Waals surface area (Å²) in [5, 5.41) is 26.8. The fraction of sp³-hybridized carbons (Fsp3) is 0.222. The molecule has 0 heterocycles. The fourth-order valence-corrected chi connectivity index (χ4v) is 0.768. The van der Waals surface area contributed by atoms with Crippen LogP contribution in [0.5, 0.6) is 17.2 Å². The lowest BCUT2D eigenvalue weighted by Crippen LogP contribution is -2.21. The van der Waals surface area contributed by atoms with Crippen LogP contribution in [-0.4, -0.2) is 27.4 Å². The summed E-state index contributed by atoms with van der Waals surface area (Å²) < 4.78 is 4.65. The van der Waals surface area contributed by atoms with Crippen LogP contribution < -0.4 is 4.74 Å². The van der Waals surface area contributed by atoms with E-state index >= 15 is 0 Å². The van der Waals surface area contributed by atoms with Gasteiger partial charge in [-0.3, -0.25) is 0 Å². The normalized spacial score (nSPS) is 12.1. The largest absolute Gasteiger partial charge is 0.504 e. The molecule has 1 atom stereocenters. The molecule has 14 heavy (non-hydrogen) atoms. The summed E-state index contributed by atoms with van der Waals surface area (Å²) >= 11 is 0. The molecule has 0 saturated heterocycles. The van der Waals surface area contributed by atoms with Gasteiger partial charge in [0.15, 0.2) is 11.5 Å². The van der Waals surface area contributed by atoms with Gasteiger partial charge >= 0.3 is 5.97 Å². The number of aliphatic hydroxyl groups is 1. The van der Waals surface area contributed by atoms with Gasteiger partial charge in [-0.1, -0.05) is 0 Å². The molecule has 0 fully saturated rings. The third-order valence-corrected chi connectivity index (χ3v) is 1.51. The lowest BCUT2D eigenvalue weighted by atomic mass is 10.3. The second kappa shape index (κ2) is 3.97. The molecular formula is C9H10O5. The number of phenolic OH excluding ortho intramolecular Hbond substituents is 2. The second-order valence-electron chi connectivity index (χ2n) is 2.75. The molecule has 3 N–H and O–H groups in total. The number of ether oxygens (including phenoxy) is 1. The van der Waals surface area contributed by atoms with Crippen LogP contribution in [0.15, 0.2) is 18.2 Å². The monoisotopic (exact) mass is 198 g/mol. The van der Waals surface area contributed by atoms with E-state index in [1.165, 1.54) is 19.1 Å². The Bertz CT molecular complexity index is 345. The number of carbonyl (C=O) groups is 1. The van der Waals surface area contributed by atoms with Crippen LogP contribution in [-0.2, 0) is 4.79 Å². The number of carbonyl (C=O) groups excluding carboxylic acids is 1. The number of esters is 1. The SMILES string of the molecule is C[C@H](O)C(=O)Oc1ccc(O)c(O)c1. The Hall–Kier alpha value is -1.75. The highest BCUT2D eigenvalue weighted by Gasteiger charge is 2.12. The Labute approximate surface area is 80.2 Å². The molecule has 0 radical (unpaired) electrons. The molecule has 0 bridgehead atoms. The molecule has 0 saturated carbocycles. The summed E-state index contributed by atoms with van der Waals surface area (Å²) in [4.78, 5) is 10.9. The van der Waals surface area contributed by atoms with Crippen LogP contribution in [0, 0.1) is 0 Å². The van der Waals surface area contributed by atoms with Crippen molar-refractivity contribution in [2.24, 2.45) is 0 Å². The molecule has 0 aliphatic carbocycles. The molecule has 0 aliphatic heterocycles. The van der Waals surface area contributed by atoms with Gasteiger partial charge in [-0.25, -0.2) is 4.79 Å². The first kappa shape index (κ1) is 10.3. The molecule has 1 aromatic carbocycles. The average molecular weight is 198 g/mol. The molecule has 1 rings (SSSR count). The van der Waals surface area contributed by atoms with Gasteiger partial charge in [0.05, 0.1) is 0 Å². The maximum atomic E-state index is 10.9. The van der Waals surface area contributed by atoms with Gasteiger partial charge in [0.25, 0.3) is 0 Å². The lowest BCUT2D eigenvalue weighted by molar-refractivity contribution is -0.142.